The summed E-state index contributed by atoms with van der Waals surface area (Å²) < 4.78 is 6.00. The van der Waals surface area contributed by atoms with Gasteiger partial charge in [0.05, 0.1) is 6.21 Å². The SMILES string of the molecule is Clc1cccc(C=NNc2ncnc3c(Nc4cccc(OCCN5CCSCC5)c4)ncnc23)c1. The van der Waals surface area contributed by atoms with Gasteiger partial charge in [0.25, 0.3) is 0 Å². The van der Waals surface area contributed by atoms with Crippen LogP contribution in [0.3, 0.4) is 0 Å². The first-order valence-electron chi connectivity index (χ1n) is 11.5. The van der Waals surface area contributed by atoms with Crippen LogP contribution in [0.25, 0.3) is 11.0 Å². The molecule has 0 saturated carbocycles. The van der Waals surface area contributed by atoms with Gasteiger partial charge in [-0.1, -0.05) is 29.8 Å². The minimum absolute atomic E-state index is 0.469. The van der Waals surface area contributed by atoms with E-state index in [9.17, 15) is 0 Å². The van der Waals surface area contributed by atoms with Crippen molar-refractivity contribution in [2.24, 2.45) is 5.10 Å². The first-order valence-corrected chi connectivity index (χ1v) is 13.1. The maximum atomic E-state index is 6.03. The Kier molecular flexibility index (Phi) is 8.06. The topological polar surface area (TPSA) is 100 Å². The Hall–Kier alpha value is -3.47. The van der Waals surface area contributed by atoms with Crippen molar-refractivity contribution >= 4 is 57.9 Å². The highest BCUT2D eigenvalue weighted by molar-refractivity contribution is 7.99. The number of ether oxygens (including phenoxy) is 1. The highest BCUT2D eigenvalue weighted by Crippen LogP contribution is 2.26. The predicted octanol–water partition coefficient (Wildman–Crippen LogP) is 4.69. The third-order valence-electron chi connectivity index (χ3n) is 5.53. The molecule has 1 aliphatic heterocycles. The summed E-state index contributed by atoms with van der Waals surface area (Å²) in [6, 6.07) is 15.2. The molecular formula is C25H25ClN8OS. The van der Waals surface area contributed by atoms with Crippen LogP contribution in [-0.2, 0) is 0 Å². The van der Waals surface area contributed by atoms with Crippen molar-refractivity contribution in [2.45, 2.75) is 0 Å². The van der Waals surface area contributed by atoms with Gasteiger partial charge in [-0.3, -0.25) is 10.3 Å². The molecule has 0 spiro atoms. The fraction of sp³-hybridized carbons (Fsp3) is 0.240. The average molecular weight is 521 g/mol. The van der Waals surface area contributed by atoms with E-state index >= 15 is 0 Å². The molecule has 184 valence electrons. The molecule has 5 rings (SSSR count). The second kappa shape index (κ2) is 12.0. The van der Waals surface area contributed by atoms with E-state index in [1.807, 2.05) is 60.3 Å². The number of anilines is 3. The first kappa shape index (κ1) is 24.2. The standard InChI is InChI=1S/C25H25ClN8OS/c26-19-4-1-3-18(13-19)15-31-33-25-23-22(27-17-30-25)24(29-16-28-23)32-20-5-2-6-21(14-20)35-10-7-34-8-11-36-12-9-34/h1-6,13-17H,7-12H2,(H,27,30,33)(H,28,29,32). The Balaban J connectivity index is 1.26. The van der Waals surface area contributed by atoms with Crippen LogP contribution in [0.1, 0.15) is 5.56 Å². The number of halogens is 1. The van der Waals surface area contributed by atoms with Gasteiger partial charge < -0.3 is 10.1 Å². The first-order chi connectivity index (χ1) is 17.7. The molecule has 3 heterocycles. The summed E-state index contributed by atoms with van der Waals surface area (Å²) in [6.45, 7) is 3.84. The van der Waals surface area contributed by atoms with Crippen LogP contribution in [-0.4, -0.2) is 68.8 Å². The number of thioether (sulfide) groups is 1. The summed E-state index contributed by atoms with van der Waals surface area (Å²) in [4.78, 5) is 19.9. The lowest BCUT2D eigenvalue weighted by Gasteiger charge is -2.25. The number of hydrogen-bond acceptors (Lipinski definition) is 10. The van der Waals surface area contributed by atoms with Crippen LogP contribution >= 0.6 is 23.4 Å². The van der Waals surface area contributed by atoms with Crippen LogP contribution in [0.4, 0.5) is 17.3 Å². The van der Waals surface area contributed by atoms with Crippen molar-refractivity contribution in [1.82, 2.24) is 24.8 Å². The molecule has 2 aromatic heterocycles. The molecule has 4 aromatic rings. The molecule has 0 amide bonds. The van der Waals surface area contributed by atoms with Crippen molar-refractivity contribution in [3.05, 3.63) is 71.8 Å². The summed E-state index contributed by atoms with van der Waals surface area (Å²) in [5.41, 5.74) is 5.76. The molecule has 0 aliphatic carbocycles. The van der Waals surface area contributed by atoms with Crippen LogP contribution in [0.5, 0.6) is 5.75 Å². The molecule has 0 radical (unpaired) electrons. The summed E-state index contributed by atoms with van der Waals surface area (Å²) in [5.74, 6) is 4.23. The number of aromatic nitrogens is 4. The highest BCUT2D eigenvalue weighted by atomic mass is 35.5. The number of hydrogen-bond donors (Lipinski definition) is 2. The minimum atomic E-state index is 0.469. The van der Waals surface area contributed by atoms with Crippen LogP contribution in [0.15, 0.2) is 66.3 Å². The highest BCUT2D eigenvalue weighted by Gasteiger charge is 2.12. The fourth-order valence-electron chi connectivity index (χ4n) is 3.73. The van der Waals surface area contributed by atoms with Crippen LogP contribution < -0.4 is 15.5 Å². The zero-order chi connectivity index (χ0) is 24.6. The molecule has 11 heteroatoms. The van der Waals surface area contributed by atoms with E-state index in [-0.39, 0.29) is 0 Å². The molecule has 0 unspecified atom stereocenters. The molecule has 1 fully saturated rings. The zero-order valence-electron chi connectivity index (χ0n) is 19.5. The van der Waals surface area contributed by atoms with Crippen molar-refractivity contribution in [2.75, 3.05) is 48.5 Å². The lowest BCUT2D eigenvalue weighted by Crippen LogP contribution is -2.35. The Labute approximate surface area is 218 Å². The number of nitrogens with one attached hydrogen (secondary N) is 2. The number of rotatable bonds is 9. The third kappa shape index (κ3) is 6.39. The monoisotopic (exact) mass is 520 g/mol. The molecule has 36 heavy (non-hydrogen) atoms. The van der Waals surface area contributed by atoms with E-state index in [0.717, 1.165) is 36.6 Å². The predicted molar refractivity (Wildman–Crippen MR) is 147 cm³/mol. The van der Waals surface area contributed by atoms with E-state index in [2.05, 4.69) is 40.7 Å². The number of benzene rings is 2. The van der Waals surface area contributed by atoms with Crippen LogP contribution in [0.2, 0.25) is 5.02 Å². The molecule has 2 N–H and O–H groups in total. The lowest BCUT2D eigenvalue weighted by atomic mass is 10.2. The van der Waals surface area contributed by atoms with E-state index in [1.165, 1.54) is 24.2 Å². The van der Waals surface area contributed by atoms with Gasteiger partial charge in [-0.15, -0.1) is 0 Å². The fourth-order valence-corrected chi connectivity index (χ4v) is 4.90. The second-order valence-corrected chi connectivity index (χ2v) is 9.68. The van der Waals surface area contributed by atoms with Gasteiger partial charge in [-0.2, -0.15) is 16.9 Å². The second-order valence-electron chi connectivity index (χ2n) is 8.02. The van der Waals surface area contributed by atoms with Crippen LogP contribution in [0, 0.1) is 0 Å². The van der Waals surface area contributed by atoms with Gasteiger partial charge in [-0.05, 0) is 29.8 Å². The number of fused-ring (bicyclic) bond motifs is 1. The van der Waals surface area contributed by atoms with Gasteiger partial charge in [-0.25, -0.2) is 19.9 Å². The molecule has 1 aliphatic rings. The van der Waals surface area contributed by atoms with Crippen molar-refractivity contribution < 1.29 is 4.74 Å². The van der Waals surface area contributed by atoms with Gasteiger partial charge in [0.2, 0.25) is 0 Å². The summed E-state index contributed by atoms with van der Waals surface area (Å²) in [5, 5.41) is 8.24. The van der Waals surface area contributed by atoms with Gasteiger partial charge >= 0.3 is 0 Å². The molecular weight excluding hydrogens is 496 g/mol. The molecule has 1 saturated heterocycles. The van der Waals surface area contributed by atoms with E-state index in [4.69, 9.17) is 16.3 Å². The molecule has 2 aromatic carbocycles. The average Bonchev–Trinajstić information content (AvgIpc) is 2.90. The Morgan fingerprint density at radius 2 is 1.75 bits per heavy atom. The summed E-state index contributed by atoms with van der Waals surface area (Å²) in [7, 11) is 0. The Bertz CT molecular complexity index is 1350. The van der Waals surface area contributed by atoms with Crippen molar-refractivity contribution in [3.63, 3.8) is 0 Å². The molecule has 0 bridgehead atoms. The maximum Gasteiger partial charge on any atom is 0.176 e. The quantitative estimate of drug-likeness (QED) is 0.240. The lowest BCUT2D eigenvalue weighted by molar-refractivity contribution is 0.222. The summed E-state index contributed by atoms with van der Waals surface area (Å²) in [6.07, 6.45) is 4.58. The third-order valence-corrected chi connectivity index (χ3v) is 6.71. The largest absolute Gasteiger partial charge is 0.492 e. The molecule has 9 nitrogen and oxygen atoms in total. The minimum Gasteiger partial charge on any atom is -0.492 e. The van der Waals surface area contributed by atoms with Crippen molar-refractivity contribution in [1.29, 1.82) is 0 Å². The van der Waals surface area contributed by atoms with Gasteiger partial charge in [0.15, 0.2) is 11.6 Å². The Morgan fingerprint density at radius 3 is 2.58 bits per heavy atom. The number of nitrogens with zero attached hydrogens (tertiary/aromatic N) is 6. The van der Waals surface area contributed by atoms with Gasteiger partial charge in [0.1, 0.15) is 36.0 Å². The zero-order valence-corrected chi connectivity index (χ0v) is 21.0. The smallest absolute Gasteiger partial charge is 0.176 e. The maximum absolute atomic E-state index is 6.03. The molecule has 0 atom stereocenters. The Morgan fingerprint density at radius 1 is 0.972 bits per heavy atom. The van der Waals surface area contributed by atoms with E-state index in [1.54, 1.807) is 6.21 Å². The summed E-state index contributed by atoms with van der Waals surface area (Å²) >= 11 is 8.04. The van der Waals surface area contributed by atoms with E-state index in [0.29, 0.717) is 34.3 Å². The number of hydrazone groups is 1. The van der Waals surface area contributed by atoms with Gasteiger partial charge in [0, 0.05) is 47.9 Å². The van der Waals surface area contributed by atoms with E-state index < -0.39 is 0 Å². The van der Waals surface area contributed by atoms with Crippen molar-refractivity contribution in [3.8, 4) is 5.75 Å². The normalized spacial score (nSPS) is 14.2.